The molecule has 3 saturated heterocycles. The highest BCUT2D eigenvalue weighted by atomic mass is 16.8. The maximum Gasteiger partial charge on any atom is 0.220 e. The molecule has 0 aromatic rings. The molecule has 0 aromatic carbocycles. The first-order valence-electron chi connectivity index (χ1n) is 44.6. The average molecular weight is 1590 g/mol. The Kier molecular flexibility index (Phi) is 65.3. The fourth-order valence-electron chi connectivity index (χ4n) is 14.1. The van der Waals surface area contributed by atoms with Gasteiger partial charge >= 0.3 is 0 Å². The maximum absolute atomic E-state index is 13.5. The number of ether oxygens (including phenoxy) is 6. The van der Waals surface area contributed by atoms with E-state index >= 15 is 0 Å². The van der Waals surface area contributed by atoms with Crippen molar-refractivity contribution in [2.45, 2.75) is 413 Å². The lowest BCUT2D eigenvalue weighted by Crippen LogP contribution is -2.66. The number of amides is 1. The third kappa shape index (κ3) is 50.3. The van der Waals surface area contributed by atoms with E-state index in [9.17, 15) is 61.0 Å². The van der Waals surface area contributed by atoms with Crippen molar-refractivity contribution in [3.8, 4) is 0 Å². The Labute approximate surface area is 683 Å². The van der Waals surface area contributed by atoms with Crippen molar-refractivity contribution in [1.29, 1.82) is 0 Å². The maximum atomic E-state index is 13.5. The minimum atomic E-state index is -1.99. The van der Waals surface area contributed by atoms with E-state index in [0.717, 1.165) is 109 Å². The van der Waals surface area contributed by atoms with Gasteiger partial charge in [0, 0.05) is 6.42 Å². The molecular weight excluding hydrogens is 1430 g/mol. The highest BCUT2D eigenvalue weighted by Crippen LogP contribution is 2.33. The lowest BCUT2D eigenvalue weighted by molar-refractivity contribution is -0.379. The van der Waals surface area contributed by atoms with Gasteiger partial charge in [-0.05, 0) is 103 Å². The molecule has 17 atom stereocenters. The van der Waals surface area contributed by atoms with E-state index in [1.165, 1.54) is 161 Å². The van der Waals surface area contributed by atoms with E-state index in [0.29, 0.717) is 19.3 Å². The SMILES string of the molecule is CC/C=C\C/C=C\C/C=C\C/C=C\C/C=C\C/C=C\C/C=C\C/C=C\C/C=C\C/C=C\C/C=C\C/C=C\CCCCC(=O)NC(COC1OC(CO)C(OC2OC(CO)C(OC3OC(CO)C(O)C(O)C3O)C(O)C2O)C(O)C1O)C(O)CCCCCCCCCCCCCCCCCCCCCCCCCCCCCCC. The monoisotopic (exact) mass is 1590 g/mol. The van der Waals surface area contributed by atoms with Gasteiger partial charge in [0.15, 0.2) is 18.9 Å². The Morgan fingerprint density at radius 3 is 0.938 bits per heavy atom. The minimum absolute atomic E-state index is 0.202. The molecule has 0 bridgehead atoms. The van der Waals surface area contributed by atoms with Gasteiger partial charge in [0.1, 0.15) is 73.2 Å². The third-order valence-electron chi connectivity index (χ3n) is 21.2. The van der Waals surface area contributed by atoms with Gasteiger partial charge in [-0.1, -0.05) is 346 Å². The average Bonchev–Trinajstić information content (AvgIpc) is 0.780. The van der Waals surface area contributed by atoms with Crippen molar-refractivity contribution < 1.29 is 89.4 Å². The van der Waals surface area contributed by atoms with Crippen LogP contribution in [0, 0.1) is 0 Å². The van der Waals surface area contributed by atoms with Crippen LogP contribution in [0.5, 0.6) is 0 Å². The summed E-state index contributed by atoms with van der Waals surface area (Å²) in [5.41, 5.74) is 0. The zero-order valence-corrected chi connectivity index (χ0v) is 69.8. The summed E-state index contributed by atoms with van der Waals surface area (Å²) < 4.78 is 34.5. The molecule has 0 aromatic heterocycles. The Morgan fingerprint density at radius 1 is 0.327 bits per heavy atom. The van der Waals surface area contributed by atoms with Crippen LogP contribution >= 0.6 is 0 Å². The molecule has 19 nitrogen and oxygen atoms in total. The van der Waals surface area contributed by atoms with Gasteiger partial charge in [-0.2, -0.15) is 0 Å². The molecule has 3 rings (SSSR count). The van der Waals surface area contributed by atoms with Gasteiger partial charge in [-0.3, -0.25) is 4.79 Å². The smallest absolute Gasteiger partial charge is 0.220 e. The van der Waals surface area contributed by atoms with Crippen LogP contribution in [0.4, 0.5) is 0 Å². The Hall–Kier alpha value is -4.33. The van der Waals surface area contributed by atoms with E-state index in [1.54, 1.807) is 0 Å². The molecular formula is C94H159NO18. The van der Waals surface area contributed by atoms with Crippen LogP contribution in [0.25, 0.3) is 0 Å². The highest BCUT2D eigenvalue weighted by Gasteiger charge is 2.54. The molecule has 3 aliphatic heterocycles. The predicted octanol–water partition coefficient (Wildman–Crippen LogP) is 17.0. The Balaban J connectivity index is 1.36. The first kappa shape index (κ1) is 103. The number of hydrogen-bond acceptors (Lipinski definition) is 18. The molecule has 17 unspecified atom stereocenters. The van der Waals surface area contributed by atoms with Crippen molar-refractivity contribution >= 4 is 5.91 Å². The molecule has 12 N–H and O–H groups in total. The predicted molar refractivity (Wildman–Crippen MR) is 456 cm³/mol. The second kappa shape index (κ2) is 71.8. The largest absolute Gasteiger partial charge is 0.394 e. The number of carbonyl (C=O) groups excluding carboxylic acids is 1. The van der Waals surface area contributed by atoms with Crippen LogP contribution < -0.4 is 5.32 Å². The first-order chi connectivity index (χ1) is 55.3. The fourth-order valence-corrected chi connectivity index (χ4v) is 14.1. The molecule has 3 fully saturated rings. The van der Waals surface area contributed by atoms with E-state index in [4.69, 9.17) is 28.4 Å². The standard InChI is InChI=1S/C94H159NO18/c1-3-5-7-9-11-13-15-17-19-21-23-25-27-29-31-33-34-35-36-37-38-39-40-41-42-44-46-48-50-52-54-56-58-60-62-64-66-68-70-72-82(100)95-77(78(99)71-69-67-65-63-61-59-57-55-53-51-49-47-45-43-32-30-28-26-24-22-20-18-16-14-12-10-8-6-4-2)76-108-92-88(106)85(103)90(80(74-97)110-92)113-94-89(107)86(104)91(81(75-98)111-94)112-93-87(105)84(102)83(101)79(73-96)109-93/h5,7,11,13,17,19,23,25,29,31,34-35,37-38,40-41,44,46,50,52,56,58,62,64,77-81,83-94,96-99,101-107H,3-4,6,8-10,12,14-16,18,20-22,24,26-28,30,32-33,36,39,42-43,45,47-49,51,53-55,57,59-61,63,65-76H2,1-2H3,(H,95,100)/b7-5-,13-11-,19-17-,25-23-,31-29-,35-34-,38-37-,41-40-,46-44-,52-50-,58-56-,64-62-. The summed E-state index contributed by atoms with van der Waals surface area (Å²) in [6.07, 6.45) is 78.0. The molecule has 648 valence electrons. The molecule has 1 amide bonds. The highest BCUT2D eigenvalue weighted by molar-refractivity contribution is 5.76. The topological polar surface area (TPSA) is 307 Å². The van der Waals surface area contributed by atoms with Gasteiger partial charge in [0.25, 0.3) is 0 Å². The second-order valence-electron chi connectivity index (χ2n) is 31.0. The van der Waals surface area contributed by atoms with Crippen molar-refractivity contribution in [3.63, 3.8) is 0 Å². The van der Waals surface area contributed by atoms with E-state index in [-0.39, 0.29) is 18.9 Å². The lowest BCUT2D eigenvalue weighted by atomic mass is 9.96. The number of nitrogens with one attached hydrogen (secondary N) is 1. The number of rotatable bonds is 70. The number of allylic oxidation sites excluding steroid dienone is 24. The van der Waals surface area contributed by atoms with Crippen LogP contribution in [0.1, 0.15) is 309 Å². The quantitative estimate of drug-likeness (QED) is 0.0199. The fraction of sp³-hybridized carbons (Fsp3) is 0.734. The molecule has 0 saturated carbocycles. The van der Waals surface area contributed by atoms with Gasteiger partial charge < -0.3 is 89.9 Å². The van der Waals surface area contributed by atoms with Gasteiger partial charge in [-0.15, -0.1) is 0 Å². The molecule has 113 heavy (non-hydrogen) atoms. The van der Waals surface area contributed by atoms with E-state index in [1.807, 2.05) is 0 Å². The minimum Gasteiger partial charge on any atom is -0.394 e. The summed E-state index contributed by atoms with van der Waals surface area (Å²) in [4.78, 5) is 13.5. The van der Waals surface area contributed by atoms with Crippen molar-refractivity contribution in [2.24, 2.45) is 0 Å². The number of unbranched alkanes of at least 4 members (excludes halogenated alkanes) is 30. The first-order valence-corrected chi connectivity index (χ1v) is 44.6. The molecule has 3 aliphatic rings. The summed E-state index contributed by atoms with van der Waals surface area (Å²) in [5.74, 6) is -0.287. The second-order valence-corrected chi connectivity index (χ2v) is 31.0. The van der Waals surface area contributed by atoms with E-state index in [2.05, 4.69) is 165 Å². The summed E-state index contributed by atoms with van der Waals surface area (Å²) in [6, 6.07) is -0.924. The van der Waals surface area contributed by atoms with Crippen LogP contribution in [0.2, 0.25) is 0 Å². The van der Waals surface area contributed by atoms with E-state index < -0.39 is 124 Å². The van der Waals surface area contributed by atoms with Crippen LogP contribution in [0.3, 0.4) is 0 Å². The Morgan fingerprint density at radius 2 is 0.611 bits per heavy atom. The van der Waals surface area contributed by atoms with Crippen LogP contribution in [-0.2, 0) is 33.2 Å². The number of aliphatic hydroxyl groups excluding tert-OH is 11. The van der Waals surface area contributed by atoms with Crippen molar-refractivity contribution in [3.05, 3.63) is 146 Å². The van der Waals surface area contributed by atoms with Crippen LogP contribution in [-0.4, -0.2) is 193 Å². The Bertz CT molecular complexity index is 2610. The molecule has 19 heteroatoms. The number of aliphatic hydroxyl groups is 11. The molecule has 0 radical (unpaired) electrons. The molecule has 0 aliphatic carbocycles. The number of carbonyl (C=O) groups is 1. The zero-order valence-electron chi connectivity index (χ0n) is 69.8. The zero-order chi connectivity index (χ0) is 81.7. The normalized spacial score (nSPS) is 25.5. The summed E-state index contributed by atoms with van der Waals surface area (Å²) in [6.45, 7) is 1.68. The summed E-state index contributed by atoms with van der Waals surface area (Å²) in [7, 11) is 0. The van der Waals surface area contributed by atoms with Crippen LogP contribution in [0.15, 0.2) is 146 Å². The van der Waals surface area contributed by atoms with Crippen molar-refractivity contribution in [2.75, 3.05) is 26.4 Å². The number of hydrogen-bond donors (Lipinski definition) is 12. The van der Waals surface area contributed by atoms with Crippen molar-refractivity contribution in [1.82, 2.24) is 5.32 Å². The lowest BCUT2D eigenvalue weighted by Gasteiger charge is -2.48. The summed E-state index contributed by atoms with van der Waals surface area (Å²) >= 11 is 0. The molecule has 0 spiro atoms. The van der Waals surface area contributed by atoms with Gasteiger partial charge in [-0.25, -0.2) is 0 Å². The summed E-state index contributed by atoms with van der Waals surface area (Å²) in [5, 5.41) is 121. The third-order valence-corrected chi connectivity index (χ3v) is 21.2. The van der Waals surface area contributed by atoms with Gasteiger partial charge in [0.05, 0.1) is 38.6 Å². The molecule has 3 heterocycles. The van der Waals surface area contributed by atoms with Gasteiger partial charge in [0.2, 0.25) is 5.91 Å².